The van der Waals surface area contributed by atoms with E-state index < -0.39 is 15.9 Å². The Morgan fingerprint density at radius 2 is 1.83 bits per heavy atom. The van der Waals surface area contributed by atoms with E-state index in [0.717, 1.165) is 5.75 Å². The summed E-state index contributed by atoms with van der Waals surface area (Å²) in [6.07, 6.45) is 0. The third kappa shape index (κ3) is 4.63. The molecule has 0 saturated carbocycles. The third-order valence-electron chi connectivity index (χ3n) is 1.42. The molecule has 0 atom stereocenters. The van der Waals surface area contributed by atoms with Crippen LogP contribution in [0.4, 0.5) is 0 Å². The van der Waals surface area contributed by atoms with Gasteiger partial charge in [-0.05, 0) is 0 Å². The molecule has 0 unspecified atom stereocenters. The van der Waals surface area contributed by atoms with Gasteiger partial charge in [0.05, 0.1) is 0 Å². The molecule has 3 heteroatoms. The molecule has 12 heavy (non-hydrogen) atoms. The van der Waals surface area contributed by atoms with Crippen LogP contribution >= 0.6 is 17.9 Å². The fourth-order valence-electron chi connectivity index (χ4n) is 0.829. The maximum absolute atomic E-state index is 6.26. The van der Waals surface area contributed by atoms with Gasteiger partial charge in [0.1, 0.15) is 0 Å². The quantitative estimate of drug-likeness (QED) is 0.764. The molecule has 0 bridgehead atoms. The van der Waals surface area contributed by atoms with Gasteiger partial charge in [0, 0.05) is 0 Å². The Balaban J connectivity index is 2.44. The van der Waals surface area contributed by atoms with Crippen LogP contribution in [0, 0.1) is 0 Å². The third-order valence-corrected chi connectivity index (χ3v) is 11.9. The first-order valence-corrected chi connectivity index (χ1v) is 17.7. The fraction of sp³-hybridized carbons (Fsp3) is 0.333. The Labute approximate surface area is 84.7 Å². The zero-order chi connectivity index (χ0) is 9.03. The fourth-order valence-corrected chi connectivity index (χ4v) is 7.00. The zero-order valence-corrected chi connectivity index (χ0v) is 11.8. The second-order valence-corrected chi connectivity index (χ2v) is 28.7. The number of hydrogen-bond acceptors (Lipinski definition) is 1. The van der Waals surface area contributed by atoms with Crippen LogP contribution < -0.4 is 0 Å². The van der Waals surface area contributed by atoms with Gasteiger partial charge in [0.25, 0.3) is 0 Å². The van der Waals surface area contributed by atoms with Crippen LogP contribution in [-0.2, 0) is 5.75 Å². The van der Waals surface area contributed by atoms with E-state index >= 15 is 0 Å². The summed E-state index contributed by atoms with van der Waals surface area (Å²) >= 11 is -2.11. The summed E-state index contributed by atoms with van der Waals surface area (Å²) in [5, 5.41) is 0. The molecule has 0 fully saturated rings. The summed E-state index contributed by atoms with van der Waals surface area (Å²) in [6.45, 7) is 0. The van der Waals surface area contributed by atoms with Crippen molar-refractivity contribution in [1.29, 1.82) is 0 Å². The zero-order valence-electron chi connectivity index (χ0n) is 7.38. The van der Waals surface area contributed by atoms with Crippen LogP contribution in [0.15, 0.2) is 30.3 Å². The molecular formula is C9H13ClSSn. The van der Waals surface area contributed by atoms with Crippen LogP contribution in [0.2, 0.25) is 9.88 Å². The molecule has 1 aromatic rings. The van der Waals surface area contributed by atoms with Gasteiger partial charge >= 0.3 is 85.3 Å². The van der Waals surface area contributed by atoms with E-state index in [9.17, 15) is 0 Å². The Hall–Kier alpha value is 0.659. The van der Waals surface area contributed by atoms with Crippen molar-refractivity contribution in [1.82, 2.24) is 0 Å². The molecule has 0 aliphatic carbocycles. The van der Waals surface area contributed by atoms with Crippen LogP contribution in [0.25, 0.3) is 0 Å². The van der Waals surface area contributed by atoms with Crippen molar-refractivity contribution in [3.63, 3.8) is 0 Å². The predicted molar refractivity (Wildman–Crippen MR) is 61.1 cm³/mol. The first-order chi connectivity index (χ1) is 5.58. The summed E-state index contributed by atoms with van der Waals surface area (Å²) < 4.78 is 0. The van der Waals surface area contributed by atoms with Crippen molar-refractivity contribution in [3.8, 4) is 0 Å². The second kappa shape index (κ2) is 4.77. The first kappa shape index (κ1) is 10.7. The van der Waals surface area contributed by atoms with Crippen molar-refractivity contribution < 1.29 is 0 Å². The van der Waals surface area contributed by atoms with Crippen LogP contribution in [-0.4, -0.2) is 15.9 Å². The van der Waals surface area contributed by atoms with Gasteiger partial charge in [-0.15, -0.1) is 0 Å². The first-order valence-electron chi connectivity index (χ1n) is 3.95. The average Bonchev–Trinajstić information content (AvgIpc) is 2.02. The Morgan fingerprint density at radius 3 is 2.33 bits per heavy atom. The van der Waals surface area contributed by atoms with E-state index in [1.165, 1.54) is 5.56 Å². The molecular weight excluding hydrogens is 294 g/mol. The molecule has 1 aromatic carbocycles. The average molecular weight is 307 g/mol. The van der Waals surface area contributed by atoms with Gasteiger partial charge in [0.15, 0.2) is 0 Å². The summed E-state index contributed by atoms with van der Waals surface area (Å²) in [5.74, 6) is 1.08. The number of rotatable bonds is 3. The molecule has 0 saturated heterocycles. The van der Waals surface area contributed by atoms with Gasteiger partial charge < -0.3 is 0 Å². The van der Waals surface area contributed by atoms with Gasteiger partial charge in [-0.1, -0.05) is 0 Å². The van der Waals surface area contributed by atoms with E-state index in [-0.39, 0.29) is 0 Å². The van der Waals surface area contributed by atoms with Gasteiger partial charge in [0.2, 0.25) is 0 Å². The van der Waals surface area contributed by atoms with Crippen molar-refractivity contribution >= 4 is 33.7 Å². The molecule has 0 spiro atoms. The monoisotopic (exact) mass is 308 g/mol. The molecule has 0 N–H and O–H groups in total. The maximum atomic E-state index is 6.26. The molecule has 0 radical (unpaired) electrons. The Kier molecular flexibility index (Phi) is 4.27. The number of benzene rings is 1. The van der Waals surface area contributed by atoms with Crippen LogP contribution in [0.1, 0.15) is 5.56 Å². The van der Waals surface area contributed by atoms with E-state index in [1.54, 1.807) is 0 Å². The normalized spacial score (nSPS) is 11.6. The Morgan fingerprint density at radius 1 is 1.25 bits per heavy atom. The summed E-state index contributed by atoms with van der Waals surface area (Å²) in [4.78, 5) is 4.45. The molecule has 0 aromatic heterocycles. The van der Waals surface area contributed by atoms with Crippen LogP contribution in [0.5, 0.6) is 0 Å². The van der Waals surface area contributed by atoms with Crippen molar-refractivity contribution in [2.75, 3.05) is 0 Å². The van der Waals surface area contributed by atoms with Crippen molar-refractivity contribution in [2.24, 2.45) is 0 Å². The molecule has 0 aliphatic rings. The Bertz CT molecular complexity index is 230. The predicted octanol–water partition coefficient (Wildman–Crippen LogP) is 3.86. The standard InChI is InChI=1S/C7H8S.2CH3.ClH.Sn/c8-6-7-4-2-1-3-5-7;;;;/h1-5,8H,6H2;2*1H3;1H;/q;;;;+2/p-2. The van der Waals surface area contributed by atoms with Crippen LogP contribution in [0.3, 0.4) is 0 Å². The molecule has 0 nitrogen and oxygen atoms in total. The topological polar surface area (TPSA) is 0 Å². The number of halogens is 1. The van der Waals surface area contributed by atoms with E-state index in [2.05, 4.69) is 34.1 Å². The SMILES string of the molecule is [CH3][Sn]([CH3])([Cl])[S]Cc1ccccc1. The number of hydrogen-bond donors (Lipinski definition) is 0. The molecule has 66 valence electrons. The summed E-state index contributed by atoms with van der Waals surface area (Å²) in [5.41, 5.74) is 1.38. The second-order valence-electron chi connectivity index (χ2n) is 3.14. The minimum atomic E-state index is -2.11. The molecule has 1 rings (SSSR count). The van der Waals surface area contributed by atoms with Gasteiger partial charge in [-0.2, -0.15) is 0 Å². The van der Waals surface area contributed by atoms with Gasteiger partial charge in [-0.3, -0.25) is 0 Å². The van der Waals surface area contributed by atoms with Gasteiger partial charge in [-0.25, -0.2) is 0 Å². The molecule has 0 amide bonds. The van der Waals surface area contributed by atoms with Crippen molar-refractivity contribution in [3.05, 3.63) is 35.9 Å². The molecule has 0 aliphatic heterocycles. The van der Waals surface area contributed by atoms with E-state index in [0.29, 0.717) is 0 Å². The summed E-state index contributed by atoms with van der Waals surface area (Å²) in [7, 11) is 8.22. The minimum absolute atomic E-state index is 1.08. The summed E-state index contributed by atoms with van der Waals surface area (Å²) in [6, 6.07) is 10.5. The van der Waals surface area contributed by atoms with E-state index in [1.807, 2.05) is 15.0 Å². The van der Waals surface area contributed by atoms with Crippen molar-refractivity contribution in [2.45, 2.75) is 15.6 Å². The van der Waals surface area contributed by atoms with E-state index in [4.69, 9.17) is 8.92 Å². The molecule has 0 heterocycles.